The van der Waals surface area contributed by atoms with E-state index in [1.54, 1.807) is 0 Å². The molecule has 1 heterocycles. The maximum absolute atomic E-state index is 3.77. The third-order valence-electron chi connectivity index (χ3n) is 1.31. The fourth-order valence-electron chi connectivity index (χ4n) is 0.756. The molecule has 8 heavy (non-hydrogen) atoms. The predicted octanol–water partition coefficient (Wildman–Crippen LogP) is 1.40. The van der Waals surface area contributed by atoms with Crippen LogP contribution in [0.5, 0.6) is 0 Å². The van der Waals surface area contributed by atoms with Crippen molar-refractivity contribution >= 4 is 0 Å². The molecule has 0 atom stereocenters. The summed E-state index contributed by atoms with van der Waals surface area (Å²) in [6.07, 6.45) is 2.91. The second-order valence-corrected chi connectivity index (χ2v) is 1.86. The smallest absolute Gasteiger partial charge is 0.0171 e. The molecule has 0 amide bonds. The Morgan fingerprint density at radius 2 is 2.50 bits per heavy atom. The second kappa shape index (κ2) is 2.03. The molecule has 0 N–H and O–H groups in total. The molecule has 0 saturated carbocycles. The Morgan fingerprint density at radius 1 is 1.75 bits per heavy atom. The number of nitrogens with zero attached hydrogens (tertiary/aromatic N) is 1. The average molecular weight is 108 g/mol. The zero-order valence-electron chi connectivity index (χ0n) is 5.09. The van der Waals surface area contributed by atoms with Crippen molar-refractivity contribution in [2.75, 3.05) is 0 Å². The number of hydrogen-bond donors (Lipinski definition) is 0. The van der Waals surface area contributed by atoms with Crippen LogP contribution in [0, 0.1) is 6.92 Å². The highest BCUT2D eigenvalue weighted by molar-refractivity contribution is 5.06. The SMILES string of the molecule is [CH2]Cc1cccn1C. The summed E-state index contributed by atoms with van der Waals surface area (Å²) in [4.78, 5) is 0. The van der Waals surface area contributed by atoms with Crippen LogP contribution in [0.1, 0.15) is 5.69 Å². The fraction of sp³-hybridized carbons (Fsp3) is 0.286. The maximum atomic E-state index is 3.77. The Bertz CT molecular complexity index is 165. The van der Waals surface area contributed by atoms with Gasteiger partial charge in [0.05, 0.1) is 0 Å². The van der Waals surface area contributed by atoms with Gasteiger partial charge in [0.25, 0.3) is 0 Å². The van der Waals surface area contributed by atoms with Gasteiger partial charge in [0.2, 0.25) is 0 Å². The third kappa shape index (κ3) is 0.760. The molecule has 0 fully saturated rings. The van der Waals surface area contributed by atoms with Gasteiger partial charge in [0.1, 0.15) is 0 Å². The Morgan fingerprint density at radius 3 is 2.75 bits per heavy atom. The molecule has 0 saturated heterocycles. The summed E-state index contributed by atoms with van der Waals surface area (Å²) in [5, 5.41) is 0. The van der Waals surface area contributed by atoms with Crippen molar-refractivity contribution in [2.45, 2.75) is 6.42 Å². The number of aryl methyl sites for hydroxylation is 1. The summed E-state index contributed by atoms with van der Waals surface area (Å²) in [6.45, 7) is 3.77. The first-order valence-corrected chi connectivity index (χ1v) is 2.74. The van der Waals surface area contributed by atoms with E-state index in [0.717, 1.165) is 6.42 Å². The number of aromatic nitrogens is 1. The molecule has 0 aromatic carbocycles. The monoisotopic (exact) mass is 108 g/mol. The lowest BCUT2D eigenvalue weighted by atomic mass is 10.3. The van der Waals surface area contributed by atoms with Crippen molar-refractivity contribution < 1.29 is 0 Å². The zero-order valence-corrected chi connectivity index (χ0v) is 5.09. The van der Waals surface area contributed by atoms with Crippen LogP contribution in [-0.4, -0.2) is 4.57 Å². The molecule has 1 aromatic rings. The average Bonchev–Trinajstić information content (AvgIpc) is 2.14. The molecule has 43 valence electrons. The first-order valence-electron chi connectivity index (χ1n) is 2.74. The van der Waals surface area contributed by atoms with Crippen LogP contribution >= 0.6 is 0 Å². The first-order chi connectivity index (χ1) is 3.84. The van der Waals surface area contributed by atoms with E-state index >= 15 is 0 Å². The molecule has 0 aliphatic carbocycles. The maximum Gasteiger partial charge on any atom is 0.0171 e. The minimum absolute atomic E-state index is 0.878. The molecule has 0 spiro atoms. The van der Waals surface area contributed by atoms with Gasteiger partial charge >= 0.3 is 0 Å². The van der Waals surface area contributed by atoms with Crippen molar-refractivity contribution in [3.63, 3.8) is 0 Å². The minimum atomic E-state index is 0.878. The predicted molar refractivity (Wildman–Crippen MR) is 34.5 cm³/mol. The molecule has 1 nitrogen and oxygen atoms in total. The van der Waals surface area contributed by atoms with Gasteiger partial charge in [-0.25, -0.2) is 0 Å². The van der Waals surface area contributed by atoms with Gasteiger partial charge in [-0.15, -0.1) is 0 Å². The molecule has 0 aliphatic rings. The lowest BCUT2D eigenvalue weighted by molar-refractivity contribution is 0.857. The van der Waals surface area contributed by atoms with E-state index in [9.17, 15) is 0 Å². The molecule has 0 unspecified atom stereocenters. The Hall–Kier alpha value is -0.720. The molecule has 1 aromatic heterocycles. The summed E-state index contributed by atoms with van der Waals surface area (Å²) in [7, 11) is 2.03. The standard InChI is InChI=1S/C7H10N/c1-3-7-5-4-6-8(7)2/h4-6H,1,3H2,2H3. The molecule has 0 aliphatic heterocycles. The minimum Gasteiger partial charge on any atom is -0.354 e. The van der Waals surface area contributed by atoms with Gasteiger partial charge in [-0.3, -0.25) is 0 Å². The van der Waals surface area contributed by atoms with Crippen LogP contribution in [0.15, 0.2) is 18.3 Å². The Kier molecular flexibility index (Phi) is 1.38. The molecule has 1 radical (unpaired) electrons. The molecule has 1 heteroatoms. The number of hydrogen-bond acceptors (Lipinski definition) is 0. The van der Waals surface area contributed by atoms with E-state index in [1.165, 1.54) is 5.69 Å². The van der Waals surface area contributed by atoms with E-state index < -0.39 is 0 Å². The molecule has 1 rings (SSSR count). The van der Waals surface area contributed by atoms with Crippen molar-refractivity contribution in [1.29, 1.82) is 0 Å². The van der Waals surface area contributed by atoms with Gasteiger partial charge in [0.15, 0.2) is 0 Å². The summed E-state index contributed by atoms with van der Waals surface area (Å²) < 4.78 is 2.08. The van der Waals surface area contributed by atoms with Gasteiger partial charge in [0, 0.05) is 18.9 Å². The van der Waals surface area contributed by atoms with E-state index in [2.05, 4.69) is 17.6 Å². The van der Waals surface area contributed by atoms with Crippen LogP contribution in [-0.2, 0) is 13.5 Å². The van der Waals surface area contributed by atoms with E-state index in [4.69, 9.17) is 0 Å². The van der Waals surface area contributed by atoms with Gasteiger partial charge in [-0.1, -0.05) is 0 Å². The Balaban J connectivity index is 2.92. The van der Waals surface area contributed by atoms with Crippen LogP contribution < -0.4 is 0 Å². The Labute approximate surface area is 49.9 Å². The quantitative estimate of drug-likeness (QED) is 0.512. The van der Waals surface area contributed by atoms with Gasteiger partial charge in [-0.2, -0.15) is 0 Å². The lowest BCUT2D eigenvalue weighted by Crippen LogP contribution is -1.90. The second-order valence-electron chi connectivity index (χ2n) is 1.86. The topological polar surface area (TPSA) is 4.93 Å². The molecular weight excluding hydrogens is 98.1 g/mol. The summed E-state index contributed by atoms with van der Waals surface area (Å²) in [6, 6.07) is 4.10. The van der Waals surface area contributed by atoms with E-state index in [-0.39, 0.29) is 0 Å². The summed E-state index contributed by atoms with van der Waals surface area (Å²) in [5.41, 5.74) is 1.28. The van der Waals surface area contributed by atoms with Crippen molar-refractivity contribution in [1.82, 2.24) is 4.57 Å². The lowest BCUT2D eigenvalue weighted by Gasteiger charge is -1.95. The highest BCUT2D eigenvalue weighted by Crippen LogP contribution is 1.97. The van der Waals surface area contributed by atoms with Crippen molar-refractivity contribution in [3.8, 4) is 0 Å². The van der Waals surface area contributed by atoms with Gasteiger partial charge in [-0.05, 0) is 25.5 Å². The zero-order chi connectivity index (χ0) is 5.98. The molecular formula is C7H10N. The highest BCUT2D eigenvalue weighted by atomic mass is 14.9. The van der Waals surface area contributed by atoms with E-state index in [1.807, 2.05) is 19.3 Å². The third-order valence-corrected chi connectivity index (χ3v) is 1.31. The van der Waals surface area contributed by atoms with Crippen LogP contribution in [0.3, 0.4) is 0 Å². The van der Waals surface area contributed by atoms with Crippen molar-refractivity contribution in [2.24, 2.45) is 7.05 Å². The first kappa shape index (κ1) is 5.42. The van der Waals surface area contributed by atoms with Crippen molar-refractivity contribution in [3.05, 3.63) is 30.9 Å². The van der Waals surface area contributed by atoms with Crippen LogP contribution in [0.4, 0.5) is 0 Å². The fourth-order valence-corrected chi connectivity index (χ4v) is 0.756. The van der Waals surface area contributed by atoms with E-state index in [0.29, 0.717) is 0 Å². The van der Waals surface area contributed by atoms with Crippen LogP contribution in [0.2, 0.25) is 0 Å². The largest absolute Gasteiger partial charge is 0.354 e. The number of rotatable bonds is 1. The molecule has 0 bridgehead atoms. The van der Waals surface area contributed by atoms with Crippen LogP contribution in [0.25, 0.3) is 0 Å². The highest BCUT2D eigenvalue weighted by Gasteiger charge is 1.88. The summed E-state index contributed by atoms with van der Waals surface area (Å²) >= 11 is 0. The normalized spacial score (nSPS) is 9.75. The van der Waals surface area contributed by atoms with Gasteiger partial charge < -0.3 is 4.57 Å². The summed E-state index contributed by atoms with van der Waals surface area (Å²) in [5.74, 6) is 0.